The van der Waals surface area contributed by atoms with Crippen LogP contribution in [0.2, 0.25) is 0 Å². The van der Waals surface area contributed by atoms with Crippen molar-refractivity contribution in [3.63, 3.8) is 0 Å². The number of sulfonamides is 1. The Balaban J connectivity index is 3.08. The number of benzene rings is 1. The molecule has 0 heterocycles. The van der Waals surface area contributed by atoms with Crippen LogP contribution in [0.15, 0.2) is 24.3 Å². The van der Waals surface area contributed by atoms with E-state index in [1.165, 1.54) is 19.1 Å². The number of nitriles is 1. The summed E-state index contributed by atoms with van der Waals surface area (Å²) in [6.45, 7) is 3.06. The van der Waals surface area contributed by atoms with Gasteiger partial charge in [0.05, 0.1) is 6.07 Å². The summed E-state index contributed by atoms with van der Waals surface area (Å²) in [4.78, 5) is 10.5. The van der Waals surface area contributed by atoms with Crippen LogP contribution in [0.5, 0.6) is 0 Å². The Labute approximate surface area is 117 Å². The van der Waals surface area contributed by atoms with Crippen LogP contribution in [0.3, 0.4) is 0 Å². The molecule has 0 aliphatic carbocycles. The van der Waals surface area contributed by atoms with Crippen LogP contribution in [-0.4, -0.2) is 24.7 Å². The predicted octanol–water partition coefficient (Wildman–Crippen LogP) is 1.75. The second-order valence-corrected chi connectivity index (χ2v) is 6.16. The van der Waals surface area contributed by atoms with E-state index in [4.69, 9.17) is 10.4 Å². The molecule has 0 saturated carbocycles. The van der Waals surface area contributed by atoms with E-state index >= 15 is 0 Å². The number of nitrogens with one attached hydrogen (secondary N) is 1. The first-order valence-corrected chi connectivity index (χ1v) is 7.24. The minimum atomic E-state index is -3.78. The van der Waals surface area contributed by atoms with E-state index in [0.29, 0.717) is 5.56 Å². The van der Waals surface area contributed by atoms with Crippen molar-refractivity contribution in [1.82, 2.24) is 0 Å². The fraction of sp³-hybridized carbons (Fsp3) is 0.231. The third-order valence-electron chi connectivity index (χ3n) is 2.59. The molecule has 0 spiro atoms. The largest absolute Gasteiger partial charge is 0.478 e. The highest BCUT2D eigenvalue weighted by Gasteiger charge is 2.19. The number of rotatable bonds is 5. The molecule has 2 N–H and O–H groups in total. The summed E-state index contributed by atoms with van der Waals surface area (Å²) in [5.74, 6) is -1.09. The van der Waals surface area contributed by atoms with E-state index < -0.39 is 21.2 Å². The van der Waals surface area contributed by atoms with E-state index in [1.807, 2.05) is 0 Å². The first kappa shape index (κ1) is 15.7. The lowest BCUT2D eigenvalue weighted by Gasteiger charge is -2.10. The van der Waals surface area contributed by atoms with Gasteiger partial charge < -0.3 is 5.11 Å². The molecule has 0 aliphatic heterocycles. The van der Waals surface area contributed by atoms with Crippen LogP contribution in [0, 0.1) is 18.3 Å². The zero-order valence-corrected chi connectivity index (χ0v) is 11.8. The number of hydrogen-bond donors (Lipinski definition) is 2. The monoisotopic (exact) mass is 294 g/mol. The number of anilines is 1. The van der Waals surface area contributed by atoms with Gasteiger partial charge >= 0.3 is 5.97 Å². The molecule has 0 bridgehead atoms. The van der Waals surface area contributed by atoms with Crippen molar-refractivity contribution in [2.45, 2.75) is 19.1 Å². The summed E-state index contributed by atoms with van der Waals surface area (Å²) in [7, 11) is -3.78. The molecule has 6 nitrogen and oxygen atoms in total. The number of carbonyl (C=O) groups is 1. The highest BCUT2D eigenvalue weighted by atomic mass is 32.2. The number of nitrogens with zero attached hydrogens (tertiary/aromatic N) is 1. The molecule has 1 aromatic rings. The van der Waals surface area contributed by atoms with Gasteiger partial charge in [-0.3, -0.25) is 4.72 Å². The van der Waals surface area contributed by atoms with Gasteiger partial charge in [-0.05, 0) is 43.2 Å². The molecule has 1 atom stereocenters. The molecule has 0 fully saturated rings. The number of carboxylic acid groups (broad SMARTS) is 1. The van der Waals surface area contributed by atoms with Gasteiger partial charge in [0.1, 0.15) is 0 Å². The SMILES string of the molecule is Cc1ccc(NS(=O)(=O)C(C)C#N)cc1C=CC(=O)O. The smallest absolute Gasteiger partial charge is 0.328 e. The summed E-state index contributed by atoms with van der Waals surface area (Å²) < 4.78 is 25.8. The van der Waals surface area contributed by atoms with E-state index in [1.54, 1.807) is 25.1 Å². The average molecular weight is 294 g/mol. The maximum absolute atomic E-state index is 11.7. The van der Waals surface area contributed by atoms with E-state index in [-0.39, 0.29) is 5.69 Å². The minimum Gasteiger partial charge on any atom is -0.478 e. The van der Waals surface area contributed by atoms with Gasteiger partial charge in [0.15, 0.2) is 5.25 Å². The normalized spacial score (nSPS) is 12.8. The van der Waals surface area contributed by atoms with Crippen molar-refractivity contribution < 1.29 is 18.3 Å². The Morgan fingerprint density at radius 2 is 2.15 bits per heavy atom. The molecule has 20 heavy (non-hydrogen) atoms. The number of carboxylic acids is 1. The highest BCUT2D eigenvalue weighted by Crippen LogP contribution is 2.18. The lowest BCUT2D eigenvalue weighted by molar-refractivity contribution is -0.131. The molecule has 7 heteroatoms. The third kappa shape index (κ3) is 4.10. The van der Waals surface area contributed by atoms with Crippen LogP contribution >= 0.6 is 0 Å². The van der Waals surface area contributed by atoms with E-state index in [0.717, 1.165) is 11.6 Å². The van der Waals surface area contributed by atoms with Crippen molar-refractivity contribution >= 4 is 27.8 Å². The van der Waals surface area contributed by atoms with Crippen molar-refractivity contribution in [3.05, 3.63) is 35.4 Å². The lowest BCUT2D eigenvalue weighted by atomic mass is 10.1. The first-order valence-electron chi connectivity index (χ1n) is 5.69. The van der Waals surface area contributed by atoms with E-state index in [9.17, 15) is 13.2 Å². The summed E-state index contributed by atoms with van der Waals surface area (Å²) in [6, 6.07) is 6.37. The van der Waals surface area contributed by atoms with Crippen molar-refractivity contribution in [3.8, 4) is 6.07 Å². The van der Waals surface area contributed by atoms with Gasteiger partial charge in [0.25, 0.3) is 0 Å². The van der Waals surface area contributed by atoms with Crippen molar-refractivity contribution in [2.24, 2.45) is 0 Å². The van der Waals surface area contributed by atoms with Gasteiger partial charge in [0.2, 0.25) is 10.0 Å². The molecule has 0 aliphatic rings. The molecule has 0 radical (unpaired) electrons. The predicted molar refractivity (Wildman–Crippen MR) is 75.5 cm³/mol. The molecule has 0 aromatic heterocycles. The van der Waals surface area contributed by atoms with Gasteiger partial charge in [-0.25, -0.2) is 13.2 Å². The summed E-state index contributed by atoms with van der Waals surface area (Å²) in [5, 5.41) is 16.1. The quantitative estimate of drug-likeness (QED) is 0.804. The standard InChI is InChI=1S/C13H14N2O4S/c1-9-3-5-12(7-11(9)4-6-13(16)17)15-20(18,19)10(2)8-14/h3-7,10,15H,1-2H3,(H,16,17). The van der Waals surface area contributed by atoms with Crippen LogP contribution in [0.4, 0.5) is 5.69 Å². The van der Waals surface area contributed by atoms with Gasteiger partial charge in [-0.1, -0.05) is 6.07 Å². The Morgan fingerprint density at radius 3 is 2.70 bits per heavy atom. The molecule has 106 valence electrons. The molecule has 1 unspecified atom stereocenters. The Hall–Kier alpha value is -2.33. The van der Waals surface area contributed by atoms with Crippen LogP contribution in [-0.2, 0) is 14.8 Å². The van der Waals surface area contributed by atoms with Gasteiger partial charge in [-0.2, -0.15) is 5.26 Å². The summed E-state index contributed by atoms with van der Waals surface area (Å²) in [6.07, 6.45) is 2.35. The highest BCUT2D eigenvalue weighted by molar-refractivity contribution is 7.93. The third-order valence-corrected chi connectivity index (χ3v) is 4.15. The fourth-order valence-electron chi connectivity index (χ4n) is 1.37. The summed E-state index contributed by atoms with van der Waals surface area (Å²) in [5.41, 5.74) is 1.67. The van der Waals surface area contributed by atoms with Crippen molar-refractivity contribution in [1.29, 1.82) is 5.26 Å². The number of aryl methyl sites for hydroxylation is 1. The Kier molecular flexibility index (Phi) is 4.88. The van der Waals surface area contributed by atoms with Crippen LogP contribution in [0.25, 0.3) is 6.08 Å². The molecular formula is C13H14N2O4S. The molecular weight excluding hydrogens is 280 g/mol. The Bertz CT molecular complexity index is 687. The Morgan fingerprint density at radius 1 is 1.50 bits per heavy atom. The van der Waals surface area contributed by atoms with Crippen molar-refractivity contribution in [2.75, 3.05) is 4.72 Å². The first-order chi connectivity index (χ1) is 9.26. The molecule has 1 rings (SSSR count). The second kappa shape index (κ2) is 6.21. The van der Waals surface area contributed by atoms with Crippen LogP contribution in [0.1, 0.15) is 18.1 Å². The topological polar surface area (TPSA) is 107 Å². The number of hydrogen-bond acceptors (Lipinski definition) is 4. The molecule has 0 saturated heterocycles. The maximum Gasteiger partial charge on any atom is 0.328 e. The second-order valence-electron chi connectivity index (χ2n) is 4.16. The molecule has 1 aromatic carbocycles. The number of aliphatic carboxylic acids is 1. The van der Waals surface area contributed by atoms with E-state index in [2.05, 4.69) is 4.72 Å². The fourth-order valence-corrected chi connectivity index (χ4v) is 2.14. The van der Waals surface area contributed by atoms with Gasteiger partial charge in [-0.15, -0.1) is 0 Å². The maximum atomic E-state index is 11.7. The zero-order valence-electron chi connectivity index (χ0n) is 11.0. The zero-order chi connectivity index (χ0) is 15.3. The minimum absolute atomic E-state index is 0.280. The molecule has 0 amide bonds. The van der Waals surface area contributed by atoms with Crippen LogP contribution < -0.4 is 4.72 Å². The summed E-state index contributed by atoms with van der Waals surface area (Å²) >= 11 is 0. The lowest BCUT2D eigenvalue weighted by Crippen LogP contribution is -2.23. The van der Waals surface area contributed by atoms with Gasteiger partial charge in [0, 0.05) is 11.8 Å². The average Bonchev–Trinajstić information content (AvgIpc) is 2.37.